The normalized spacial score (nSPS) is 15.2. The third kappa shape index (κ3) is 4.93. The topological polar surface area (TPSA) is 64.6 Å². The minimum atomic E-state index is -0.545. The molecule has 1 aliphatic rings. The van der Waals surface area contributed by atoms with E-state index in [0.717, 1.165) is 16.6 Å². The molecule has 0 fully saturated rings. The highest BCUT2D eigenvalue weighted by Gasteiger charge is 2.37. The van der Waals surface area contributed by atoms with Crippen LogP contribution in [-0.2, 0) is 19.1 Å². The van der Waals surface area contributed by atoms with E-state index in [1.807, 2.05) is 26.0 Å². The molecular formula is C24H35N2O4+. The van der Waals surface area contributed by atoms with E-state index in [4.69, 9.17) is 9.47 Å². The van der Waals surface area contributed by atoms with Gasteiger partial charge in [0.1, 0.15) is 5.69 Å². The van der Waals surface area contributed by atoms with Crippen LogP contribution in [0.3, 0.4) is 0 Å². The number of esters is 2. The zero-order valence-electron chi connectivity index (χ0n) is 19.3. The molecule has 164 valence electrons. The van der Waals surface area contributed by atoms with Crippen LogP contribution in [0.1, 0.15) is 51.5 Å². The number of carbonyl (C=O) groups excluding carboxylic acids is 2. The highest BCUT2D eigenvalue weighted by atomic mass is 16.5. The number of hydrogen-bond acceptors (Lipinski definition) is 5. The number of hydrogen-bond donors (Lipinski definition) is 1. The number of rotatable bonds is 8. The van der Waals surface area contributed by atoms with Gasteiger partial charge in [-0.2, -0.15) is 0 Å². The lowest BCUT2D eigenvalue weighted by Gasteiger charge is -2.31. The molecule has 0 saturated heterocycles. The first-order chi connectivity index (χ1) is 14.2. The average molecular weight is 416 g/mol. The fourth-order valence-electron chi connectivity index (χ4n) is 4.04. The van der Waals surface area contributed by atoms with Crippen LogP contribution in [0.25, 0.3) is 0 Å². The van der Waals surface area contributed by atoms with Crippen molar-refractivity contribution in [1.29, 1.82) is 0 Å². The summed E-state index contributed by atoms with van der Waals surface area (Å²) in [5.74, 6) is -1.46. The molecule has 30 heavy (non-hydrogen) atoms. The van der Waals surface area contributed by atoms with Gasteiger partial charge in [-0.15, -0.1) is 0 Å². The third-order valence-corrected chi connectivity index (χ3v) is 5.82. The quantitative estimate of drug-likeness (QED) is 0.395. The Morgan fingerprint density at radius 3 is 1.87 bits per heavy atom. The molecule has 0 radical (unpaired) electrons. The number of dihydropyridines is 1. The Labute approximate surface area is 180 Å². The van der Waals surface area contributed by atoms with Gasteiger partial charge in [-0.3, -0.25) is 4.48 Å². The van der Waals surface area contributed by atoms with Gasteiger partial charge < -0.3 is 14.8 Å². The molecule has 6 nitrogen and oxygen atoms in total. The number of nitrogens with one attached hydrogen (secondary N) is 1. The largest absolute Gasteiger partial charge is 0.466 e. The van der Waals surface area contributed by atoms with Gasteiger partial charge in [0.2, 0.25) is 0 Å². The molecule has 0 atom stereocenters. The maximum atomic E-state index is 12.6. The zero-order chi connectivity index (χ0) is 22.5. The van der Waals surface area contributed by atoms with Gasteiger partial charge in [0, 0.05) is 11.4 Å². The highest BCUT2D eigenvalue weighted by Crippen LogP contribution is 2.39. The summed E-state index contributed by atoms with van der Waals surface area (Å²) in [6.07, 6.45) is 3.58. The fraction of sp³-hybridized carbons (Fsp3) is 0.500. The SMILES string of the molecule is CCCCC[N+](C)(C)c1ccc(C2C(C(=O)OC)=C(C)NC(C)=C2C(=O)OC)cc1. The molecule has 1 heterocycles. The number of allylic oxidation sites excluding steroid dienone is 2. The summed E-state index contributed by atoms with van der Waals surface area (Å²) < 4.78 is 10.8. The molecular weight excluding hydrogens is 380 g/mol. The van der Waals surface area contributed by atoms with Crippen LogP contribution in [0.2, 0.25) is 0 Å². The second-order valence-corrected chi connectivity index (χ2v) is 8.33. The lowest BCUT2D eigenvalue weighted by atomic mass is 9.80. The first-order valence-electron chi connectivity index (χ1n) is 10.5. The number of carbonyl (C=O) groups is 2. The smallest absolute Gasteiger partial charge is 0.336 e. The van der Waals surface area contributed by atoms with Gasteiger partial charge >= 0.3 is 11.9 Å². The fourth-order valence-corrected chi connectivity index (χ4v) is 4.04. The van der Waals surface area contributed by atoms with Gasteiger partial charge in [0.05, 0.1) is 51.9 Å². The van der Waals surface area contributed by atoms with Crippen molar-refractivity contribution in [2.45, 2.75) is 46.0 Å². The van der Waals surface area contributed by atoms with Gasteiger partial charge in [-0.1, -0.05) is 25.5 Å². The Morgan fingerprint density at radius 1 is 0.933 bits per heavy atom. The Balaban J connectivity index is 2.49. The molecule has 6 heteroatoms. The van der Waals surface area contributed by atoms with Gasteiger partial charge in [-0.25, -0.2) is 9.59 Å². The summed E-state index contributed by atoms with van der Waals surface area (Å²) in [5.41, 5.74) is 4.24. The van der Waals surface area contributed by atoms with Crippen molar-refractivity contribution in [3.8, 4) is 0 Å². The Hall–Kier alpha value is -2.60. The first kappa shape index (κ1) is 23.7. The van der Waals surface area contributed by atoms with Crippen LogP contribution >= 0.6 is 0 Å². The minimum absolute atomic E-state index is 0.424. The van der Waals surface area contributed by atoms with Crippen LogP contribution in [-0.4, -0.2) is 46.8 Å². The predicted octanol–water partition coefficient (Wildman–Crippen LogP) is 4.02. The summed E-state index contributed by atoms with van der Waals surface area (Å²) >= 11 is 0. The molecule has 1 N–H and O–H groups in total. The molecule has 0 amide bonds. The van der Waals surface area contributed by atoms with Crippen molar-refractivity contribution in [3.05, 3.63) is 52.4 Å². The summed E-state index contributed by atoms with van der Waals surface area (Å²) in [5, 5.41) is 3.13. The minimum Gasteiger partial charge on any atom is -0.466 e. The van der Waals surface area contributed by atoms with E-state index in [0.29, 0.717) is 22.5 Å². The molecule has 1 aromatic carbocycles. The van der Waals surface area contributed by atoms with Crippen molar-refractivity contribution >= 4 is 17.6 Å². The molecule has 0 aromatic heterocycles. The number of ether oxygens (including phenoxy) is 2. The van der Waals surface area contributed by atoms with E-state index >= 15 is 0 Å². The predicted molar refractivity (Wildman–Crippen MR) is 120 cm³/mol. The van der Waals surface area contributed by atoms with Crippen molar-refractivity contribution in [2.24, 2.45) is 0 Å². The van der Waals surface area contributed by atoms with Crippen molar-refractivity contribution in [3.63, 3.8) is 0 Å². The summed E-state index contributed by atoms with van der Waals surface area (Å²) in [7, 11) is 7.09. The number of nitrogens with zero attached hydrogens (tertiary/aromatic N) is 1. The molecule has 0 aliphatic carbocycles. The van der Waals surface area contributed by atoms with Gasteiger partial charge in [0.15, 0.2) is 0 Å². The second-order valence-electron chi connectivity index (χ2n) is 8.33. The maximum absolute atomic E-state index is 12.6. The second kappa shape index (κ2) is 9.94. The monoisotopic (exact) mass is 415 g/mol. The van der Waals surface area contributed by atoms with Crippen molar-refractivity contribution in [2.75, 3.05) is 34.9 Å². The lowest BCUT2D eigenvalue weighted by Crippen LogP contribution is -2.41. The molecule has 1 aliphatic heterocycles. The number of methoxy groups -OCH3 is 2. The standard InChI is InChI=1S/C24H34N2O4/c1-8-9-10-15-26(4,5)19-13-11-18(12-14-19)22-20(23(27)29-6)16(2)25-17(3)21(22)24(28)30-7/h11-14,22H,8-10,15H2,1-7H3/p+1. The molecule has 0 unspecified atom stereocenters. The molecule has 2 rings (SSSR count). The van der Waals surface area contributed by atoms with E-state index in [2.05, 4.69) is 38.5 Å². The van der Waals surface area contributed by atoms with Crippen molar-refractivity contribution < 1.29 is 19.1 Å². The van der Waals surface area contributed by atoms with Crippen LogP contribution in [0.5, 0.6) is 0 Å². The van der Waals surface area contributed by atoms with E-state index in [9.17, 15) is 9.59 Å². The summed E-state index contributed by atoms with van der Waals surface area (Å²) in [4.78, 5) is 25.2. The first-order valence-corrected chi connectivity index (χ1v) is 10.5. The van der Waals surface area contributed by atoms with Crippen molar-refractivity contribution in [1.82, 2.24) is 9.80 Å². The molecule has 0 spiro atoms. The Morgan fingerprint density at radius 2 is 1.43 bits per heavy atom. The summed E-state index contributed by atoms with van der Waals surface area (Å²) in [6.45, 7) is 6.90. The van der Waals surface area contributed by atoms with Crippen LogP contribution in [0, 0.1) is 0 Å². The molecule has 0 bridgehead atoms. The Kier molecular flexibility index (Phi) is 7.84. The van der Waals surface area contributed by atoms with E-state index < -0.39 is 17.9 Å². The maximum Gasteiger partial charge on any atom is 0.336 e. The van der Waals surface area contributed by atoms with Gasteiger partial charge in [-0.05, 0) is 44.4 Å². The molecule has 0 saturated carbocycles. The number of unbranched alkanes of at least 4 members (excludes halogenated alkanes) is 2. The Bertz CT molecular complexity index is 812. The third-order valence-electron chi connectivity index (χ3n) is 5.82. The number of benzene rings is 1. The molecule has 1 aromatic rings. The number of quaternary nitrogens is 1. The lowest BCUT2D eigenvalue weighted by molar-refractivity contribution is -0.137. The van der Waals surface area contributed by atoms with Gasteiger partial charge in [0.25, 0.3) is 0 Å². The van der Waals surface area contributed by atoms with Crippen LogP contribution in [0.4, 0.5) is 5.69 Å². The zero-order valence-corrected chi connectivity index (χ0v) is 19.3. The van der Waals surface area contributed by atoms with Crippen LogP contribution < -0.4 is 9.80 Å². The average Bonchev–Trinajstić information content (AvgIpc) is 2.72. The van der Waals surface area contributed by atoms with E-state index in [-0.39, 0.29) is 0 Å². The van der Waals surface area contributed by atoms with Crippen LogP contribution in [0.15, 0.2) is 46.8 Å². The summed E-state index contributed by atoms with van der Waals surface area (Å²) in [6, 6.07) is 8.16. The van der Waals surface area contributed by atoms with E-state index in [1.54, 1.807) is 0 Å². The van der Waals surface area contributed by atoms with E-state index in [1.165, 1.54) is 39.2 Å². The highest BCUT2D eigenvalue weighted by molar-refractivity contribution is 5.99.